The normalized spacial score (nSPS) is 17.4. The van der Waals surface area contributed by atoms with Crippen molar-refractivity contribution in [2.45, 2.75) is 32.6 Å². The van der Waals surface area contributed by atoms with Crippen LogP contribution in [0, 0.1) is 5.92 Å². The Morgan fingerprint density at radius 1 is 1.35 bits per heavy atom. The van der Waals surface area contributed by atoms with E-state index in [9.17, 15) is 13.2 Å². The van der Waals surface area contributed by atoms with Gasteiger partial charge >= 0.3 is 5.97 Å². The quantitative estimate of drug-likeness (QED) is 0.664. The highest BCUT2D eigenvalue weighted by molar-refractivity contribution is 7.89. The summed E-state index contributed by atoms with van der Waals surface area (Å²) in [6.45, 7) is 4.96. The molecule has 1 aliphatic heterocycles. The summed E-state index contributed by atoms with van der Waals surface area (Å²) in [7, 11) is -2.11. The first kappa shape index (κ1) is 17.4. The molecule has 0 radical (unpaired) electrons. The molecule has 0 aliphatic carbocycles. The number of carbonyl (C=O) groups excluding carboxylic acids is 1. The van der Waals surface area contributed by atoms with Crippen LogP contribution in [-0.2, 0) is 19.6 Å². The zero-order valence-corrected chi connectivity index (χ0v) is 13.2. The second-order valence-electron chi connectivity index (χ2n) is 5.19. The standard InChI is InChI=1S/C13H26N2O4S/c1-3-9-15(11-12-4-7-14-8-5-12)20(17,18)10-6-13(16)19-2/h12,14H,3-11H2,1-2H3. The molecule has 20 heavy (non-hydrogen) atoms. The number of esters is 1. The maximum Gasteiger partial charge on any atom is 0.306 e. The van der Waals surface area contributed by atoms with Gasteiger partial charge < -0.3 is 10.1 Å². The van der Waals surface area contributed by atoms with E-state index in [-0.39, 0.29) is 12.2 Å². The minimum absolute atomic E-state index is 0.0781. The van der Waals surface area contributed by atoms with Gasteiger partial charge in [0.2, 0.25) is 10.0 Å². The van der Waals surface area contributed by atoms with Crippen LogP contribution in [0.1, 0.15) is 32.6 Å². The van der Waals surface area contributed by atoms with E-state index in [1.54, 1.807) is 4.31 Å². The van der Waals surface area contributed by atoms with Crippen LogP contribution in [0.25, 0.3) is 0 Å². The van der Waals surface area contributed by atoms with E-state index in [0.717, 1.165) is 32.4 Å². The molecule has 0 amide bonds. The fraction of sp³-hybridized carbons (Fsp3) is 0.923. The number of methoxy groups -OCH3 is 1. The topological polar surface area (TPSA) is 75.7 Å². The van der Waals surface area contributed by atoms with Crippen LogP contribution in [-0.4, -0.2) is 57.7 Å². The molecule has 0 spiro atoms. The second-order valence-corrected chi connectivity index (χ2v) is 7.28. The van der Waals surface area contributed by atoms with Gasteiger partial charge in [0.25, 0.3) is 0 Å². The first-order valence-electron chi connectivity index (χ1n) is 7.25. The average molecular weight is 306 g/mol. The number of nitrogens with one attached hydrogen (secondary N) is 1. The van der Waals surface area contributed by atoms with E-state index >= 15 is 0 Å². The molecule has 7 heteroatoms. The molecule has 0 bridgehead atoms. The molecule has 1 aliphatic rings. The van der Waals surface area contributed by atoms with Gasteiger partial charge in [0.05, 0.1) is 19.3 Å². The van der Waals surface area contributed by atoms with Crippen LogP contribution in [0.3, 0.4) is 0 Å². The van der Waals surface area contributed by atoms with E-state index in [1.165, 1.54) is 7.11 Å². The molecular weight excluding hydrogens is 280 g/mol. The summed E-state index contributed by atoms with van der Waals surface area (Å²) in [6.07, 6.45) is 2.72. The molecule has 118 valence electrons. The summed E-state index contributed by atoms with van der Waals surface area (Å²) < 4.78 is 30.7. The summed E-state index contributed by atoms with van der Waals surface area (Å²) in [5.74, 6) is -0.229. The molecule has 0 saturated carbocycles. The fourth-order valence-corrected chi connectivity index (χ4v) is 3.97. The Bertz CT molecular complexity index is 391. The Morgan fingerprint density at radius 3 is 2.55 bits per heavy atom. The Morgan fingerprint density at radius 2 is 2.00 bits per heavy atom. The Kier molecular flexibility index (Phi) is 7.47. The van der Waals surface area contributed by atoms with Crippen molar-refractivity contribution >= 4 is 16.0 Å². The third-order valence-corrected chi connectivity index (χ3v) is 5.42. The van der Waals surface area contributed by atoms with Crippen molar-refractivity contribution in [3.05, 3.63) is 0 Å². The van der Waals surface area contributed by atoms with Gasteiger partial charge in [-0.3, -0.25) is 4.79 Å². The first-order chi connectivity index (χ1) is 9.49. The average Bonchev–Trinajstić information content (AvgIpc) is 2.45. The van der Waals surface area contributed by atoms with Gasteiger partial charge in [0.15, 0.2) is 0 Å². The molecule has 6 nitrogen and oxygen atoms in total. The largest absolute Gasteiger partial charge is 0.469 e. The molecule has 1 heterocycles. The number of nitrogens with zero attached hydrogens (tertiary/aromatic N) is 1. The van der Waals surface area contributed by atoms with E-state index in [4.69, 9.17) is 0 Å². The summed E-state index contributed by atoms with van der Waals surface area (Å²) in [4.78, 5) is 11.1. The fourth-order valence-electron chi connectivity index (χ4n) is 2.39. The molecule has 1 fully saturated rings. The molecule has 0 atom stereocenters. The zero-order chi connectivity index (χ0) is 15.0. The van der Waals surface area contributed by atoms with Gasteiger partial charge in [0, 0.05) is 13.1 Å². The van der Waals surface area contributed by atoms with Gasteiger partial charge in [-0.25, -0.2) is 12.7 Å². The maximum atomic E-state index is 12.3. The van der Waals surface area contributed by atoms with E-state index in [1.807, 2.05) is 6.92 Å². The van der Waals surface area contributed by atoms with Crippen molar-refractivity contribution in [3.8, 4) is 0 Å². The monoisotopic (exact) mass is 306 g/mol. The molecule has 1 rings (SSSR count). The summed E-state index contributed by atoms with van der Waals surface area (Å²) in [5.41, 5.74) is 0. The van der Waals surface area contributed by atoms with E-state index in [2.05, 4.69) is 10.1 Å². The Balaban J connectivity index is 2.59. The lowest BCUT2D eigenvalue weighted by molar-refractivity contribution is -0.140. The summed E-state index contributed by atoms with van der Waals surface area (Å²) in [6, 6.07) is 0. The maximum absolute atomic E-state index is 12.3. The van der Waals surface area contributed by atoms with Gasteiger partial charge in [-0.05, 0) is 38.3 Å². The molecule has 0 aromatic heterocycles. The van der Waals surface area contributed by atoms with Crippen molar-refractivity contribution in [2.24, 2.45) is 5.92 Å². The minimum Gasteiger partial charge on any atom is -0.469 e. The highest BCUT2D eigenvalue weighted by Crippen LogP contribution is 2.16. The smallest absolute Gasteiger partial charge is 0.306 e. The van der Waals surface area contributed by atoms with Crippen LogP contribution < -0.4 is 5.32 Å². The van der Waals surface area contributed by atoms with Crippen molar-refractivity contribution < 1.29 is 17.9 Å². The lowest BCUT2D eigenvalue weighted by atomic mass is 9.98. The summed E-state index contributed by atoms with van der Waals surface area (Å²) >= 11 is 0. The SMILES string of the molecule is CCCN(CC1CCNCC1)S(=O)(=O)CCC(=O)OC. The second kappa shape index (κ2) is 8.59. The zero-order valence-electron chi connectivity index (χ0n) is 12.4. The predicted molar refractivity (Wildman–Crippen MR) is 77.9 cm³/mol. The molecule has 0 aromatic carbocycles. The Hall–Kier alpha value is -0.660. The molecule has 0 aromatic rings. The van der Waals surface area contributed by atoms with Crippen molar-refractivity contribution in [3.63, 3.8) is 0 Å². The molecule has 1 N–H and O–H groups in total. The third kappa shape index (κ3) is 5.76. The highest BCUT2D eigenvalue weighted by Gasteiger charge is 2.26. The van der Waals surface area contributed by atoms with Crippen LogP contribution in [0.15, 0.2) is 0 Å². The number of carbonyl (C=O) groups is 1. The Labute approximate surface area is 121 Å². The van der Waals surface area contributed by atoms with Gasteiger partial charge in [0.1, 0.15) is 0 Å². The van der Waals surface area contributed by atoms with Crippen LogP contribution in [0.2, 0.25) is 0 Å². The van der Waals surface area contributed by atoms with Crippen LogP contribution in [0.4, 0.5) is 0 Å². The number of piperidine rings is 1. The van der Waals surface area contributed by atoms with Crippen molar-refractivity contribution in [1.29, 1.82) is 0 Å². The van der Waals surface area contributed by atoms with Gasteiger partial charge in [-0.1, -0.05) is 6.92 Å². The molecule has 1 saturated heterocycles. The lowest BCUT2D eigenvalue weighted by Gasteiger charge is -2.29. The lowest BCUT2D eigenvalue weighted by Crippen LogP contribution is -2.41. The number of sulfonamides is 1. The first-order valence-corrected chi connectivity index (χ1v) is 8.86. The van der Waals surface area contributed by atoms with Crippen LogP contribution in [0.5, 0.6) is 0 Å². The minimum atomic E-state index is -3.38. The van der Waals surface area contributed by atoms with Gasteiger partial charge in [-0.2, -0.15) is 0 Å². The number of hydrogen-bond donors (Lipinski definition) is 1. The molecular formula is C13H26N2O4S. The number of hydrogen-bond acceptors (Lipinski definition) is 5. The van der Waals surface area contributed by atoms with Crippen molar-refractivity contribution in [1.82, 2.24) is 9.62 Å². The number of ether oxygens (including phenoxy) is 1. The van der Waals surface area contributed by atoms with E-state index in [0.29, 0.717) is 19.0 Å². The number of rotatable bonds is 8. The van der Waals surface area contributed by atoms with Crippen LogP contribution >= 0.6 is 0 Å². The highest BCUT2D eigenvalue weighted by atomic mass is 32.2. The molecule has 0 unspecified atom stereocenters. The third-order valence-electron chi connectivity index (χ3n) is 3.58. The van der Waals surface area contributed by atoms with E-state index < -0.39 is 16.0 Å². The van der Waals surface area contributed by atoms with Gasteiger partial charge in [-0.15, -0.1) is 0 Å². The predicted octanol–water partition coefficient (Wildman–Crippen LogP) is 0.591. The summed E-state index contributed by atoms with van der Waals surface area (Å²) in [5, 5.41) is 3.28. The van der Waals surface area contributed by atoms with Crippen molar-refractivity contribution in [2.75, 3.05) is 39.0 Å².